The van der Waals surface area contributed by atoms with Gasteiger partial charge in [-0.15, -0.1) is 0 Å². The van der Waals surface area contributed by atoms with E-state index in [1.54, 1.807) is 0 Å². The van der Waals surface area contributed by atoms with E-state index in [1.165, 1.54) is 0 Å². The third kappa shape index (κ3) is 4.44. The topological polar surface area (TPSA) is 52.6 Å². The fourth-order valence-corrected chi connectivity index (χ4v) is 4.36. The highest BCUT2D eigenvalue weighted by atomic mass is 16.2. The second-order valence-corrected chi connectivity index (χ2v) is 8.19. The van der Waals surface area contributed by atoms with Crippen molar-refractivity contribution < 1.29 is 9.59 Å². The molecule has 2 fully saturated rings. The van der Waals surface area contributed by atoms with Gasteiger partial charge in [-0.3, -0.25) is 9.69 Å². The van der Waals surface area contributed by atoms with Crippen LogP contribution in [-0.2, 0) is 11.3 Å². The first kappa shape index (κ1) is 19.5. The normalized spacial score (nSPS) is 17.6. The summed E-state index contributed by atoms with van der Waals surface area (Å²) in [6.07, 6.45) is 5.07. The minimum Gasteiger partial charge on any atom is -0.324 e. The second-order valence-electron chi connectivity index (χ2n) is 8.19. The van der Waals surface area contributed by atoms with Gasteiger partial charge in [-0.25, -0.2) is 4.79 Å². The van der Waals surface area contributed by atoms with Crippen molar-refractivity contribution in [3.8, 4) is 0 Å². The molecule has 1 saturated carbocycles. The van der Waals surface area contributed by atoms with Gasteiger partial charge in [0.15, 0.2) is 0 Å². The van der Waals surface area contributed by atoms with Crippen LogP contribution >= 0.6 is 0 Å². The number of anilines is 2. The number of hydrogen-bond acceptors (Lipinski definition) is 2. The van der Waals surface area contributed by atoms with Gasteiger partial charge in [-0.2, -0.15) is 0 Å². The molecule has 29 heavy (non-hydrogen) atoms. The molecule has 1 saturated heterocycles. The molecule has 1 aliphatic heterocycles. The number of rotatable bonds is 5. The molecule has 2 aromatic carbocycles. The van der Waals surface area contributed by atoms with Gasteiger partial charge in [0, 0.05) is 25.6 Å². The van der Waals surface area contributed by atoms with E-state index >= 15 is 0 Å². The van der Waals surface area contributed by atoms with Crippen LogP contribution in [0.2, 0.25) is 0 Å². The lowest BCUT2D eigenvalue weighted by molar-refractivity contribution is -0.119. The number of nitrogens with one attached hydrogen (secondary N) is 1. The lowest BCUT2D eigenvalue weighted by Gasteiger charge is -2.36. The Bertz CT molecular complexity index is 875. The van der Waals surface area contributed by atoms with Gasteiger partial charge in [0.05, 0.1) is 11.4 Å². The van der Waals surface area contributed by atoms with Crippen LogP contribution in [0.3, 0.4) is 0 Å². The largest absolute Gasteiger partial charge is 0.324 e. The fourth-order valence-electron chi connectivity index (χ4n) is 4.36. The van der Waals surface area contributed by atoms with E-state index < -0.39 is 0 Å². The highest BCUT2D eigenvalue weighted by molar-refractivity contribution is 6.01. The van der Waals surface area contributed by atoms with Gasteiger partial charge in [-0.1, -0.05) is 49.2 Å². The van der Waals surface area contributed by atoms with Crippen LogP contribution in [0.25, 0.3) is 0 Å². The number of amides is 3. The van der Waals surface area contributed by atoms with Crippen molar-refractivity contribution in [3.63, 3.8) is 0 Å². The van der Waals surface area contributed by atoms with Crippen LogP contribution in [0.5, 0.6) is 0 Å². The number of aryl methyl sites for hydroxylation is 1. The highest BCUT2D eigenvalue weighted by Gasteiger charge is 2.29. The molecule has 0 bridgehead atoms. The molecule has 2 aliphatic rings. The first-order valence-corrected chi connectivity index (χ1v) is 10.6. The van der Waals surface area contributed by atoms with Crippen LogP contribution in [0, 0.1) is 12.8 Å². The average molecular weight is 392 g/mol. The Morgan fingerprint density at radius 2 is 1.79 bits per heavy atom. The zero-order valence-corrected chi connectivity index (χ0v) is 17.1. The van der Waals surface area contributed by atoms with Crippen LogP contribution in [0.1, 0.15) is 43.2 Å². The van der Waals surface area contributed by atoms with Crippen molar-refractivity contribution in [2.24, 2.45) is 5.92 Å². The van der Waals surface area contributed by atoms with E-state index in [1.807, 2.05) is 65.3 Å². The van der Waals surface area contributed by atoms with Gasteiger partial charge >= 0.3 is 6.03 Å². The summed E-state index contributed by atoms with van der Waals surface area (Å²) >= 11 is 0. The van der Waals surface area contributed by atoms with Gasteiger partial charge in [0.2, 0.25) is 5.91 Å². The maximum atomic E-state index is 13.2. The summed E-state index contributed by atoms with van der Waals surface area (Å²) in [5.41, 5.74) is 3.74. The Labute approximate surface area is 172 Å². The predicted octanol–water partition coefficient (Wildman–Crippen LogP) is 4.96. The second kappa shape index (κ2) is 8.68. The first-order chi connectivity index (χ1) is 14.1. The molecule has 1 N–H and O–H groups in total. The Hall–Kier alpha value is -2.82. The van der Waals surface area contributed by atoms with E-state index in [0.717, 1.165) is 61.2 Å². The molecule has 2 aromatic rings. The molecule has 0 aromatic heterocycles. The van der Waals surface area contributed by atoms with E-state index in [0.29, 0.717) is 13.1 Å². The van der Waals surface area contributed by atoms with Crippen LogP contribution in [0.15, 0.2) is 48.5 Å². The molecule has 152 valence electrons. The smallest absolute Gasteiger partial charge is 0.324 e. The molecular weight excluding hydrogens is 362 g/mol. The summed E-state index contributed by atoms with van der Waals surface area (Å²) < 4.78 is 0. The number of urea groups is 1. The molecule has 5 nitrogen and oxygen atoms in total. The number of hydrogen-bond donors (Lipinski definition) is 1. The van der Waals surface area contributed by atoms with Crippen molar-refractivity contribution >= 4 is 23.3 Å². The molecule has 0 radical (unpaired) electrons. The molecule has 1 heterocycles. The molecule has 0 spiro atoms. The number of benzene rings is 2. The summed E-state index contributed by atoms with van der Waals surface area (Å²) in [5.74, 6) is 0.176. The molecule has 0 atom stereocenters. The predicted molar refractivity (Wildman–Crippen MR) is 116 cm³/mol. The van der Waals surface area contributed by atoms with Crippen molar-refractivity contribution in [2.45, 2.75) is 45.6 Å². The fraction of sp³-hybridized carbons (Fsp3) is 0.417. The summed E-state index contributed by atoms with van der Waals surface area (Å²) in [6.45, 7) is 4.03. The first-order valence-electron chi connectivity index (χ1n) is 10.6. The SMILES string of the molecule is Cc1ccc(N2CCCN(Cc3ccccc3)C2=O)c(NC(=O)C2CCCC2)c1. The number of carbonyl (C=O) groups is 2. The molecule has 4 rings (SSSR count). The number of carbonyl (C=O) groups excluding carboxylic acids is 2. The van der Waals surface area contributed by atoms with Crippen molar-refractivity contribution in [1.82, 2.24) is 4.90 Å². The van der Waals surface area contributed by atoms with Crippen LogP contribution < -0.4 is 10.2 Å². The standard InChI is InChI=1S/C24H29N3O2/c1-18-12-13-22(21(16-18)25-23(28)20-10-5-6-11-20)27-15-7-14-26(24(27)29)17-19-8-3-2-4-9-19/h2-4,8-9,12-13,16,20H,5-7,10-11,14-15,17H2,1H3,(H,25,28). The molecular formula is C24H29N3O2. The maximum Gasteiger partial charge on any atom is 0.324 e. The van der Waals surface area contributed by atoms with Crippen LogP contribution in [-0.4, -0.2) is 29.9 Å². The lowest BCUT2D eigenvalue weighted by Crippen LogP contribution is -2.49. The maximum absolute atomic E-state index is 13.2. The van der Waals surface area contributed by atoms with Gasteiger partial charge < -0.3 is 10.2 Å². The Kier molecular flexibility index (Phi) is 5.84. The molecule has 0 unspecified atom stereocenters. The highest BCUT2D eigenvalue weighted by Crippen LogP contribution is 2.32. The van der Waals surface area contributed by atoms with Gasteiger partial charge in [0.1, 0.15) is 0 Å². The minimum absolute atomic E-state index is 0.000298. The van der Waals surface area contributed by atoms with E-state index in [-0.39, 0.29) is 17.9 Å². The monoisotopic (exact) mass is 391 g/mol. The van der Waals surface area contributed by atoms with E-state index in [4.69, 9.17) is 0 Å². The Morgan fingerprint density at radius 3 is 2.55 bits per heavy atom. The summed E-state index contributed by atoms with van der Waals surface area (Å²) in [6, 6.07) is 16.0. The van der Waals surface area contributed by atoms with Gasteiger partial charge in [0.25, 0.3) is 0 Å². The lowest BCUT2D eigenvalue weighted by atomic mass is 10.1. The van der Waals surface area contributed by atoms with Crippen molar-refractivity contribution in [1.29, 1.82) is 0 Å². The summed E-state index contributed by atoms with van der Waals surface area (Å²) in [5, 5.41) is 3.12. The summed E-state index contributed by atoms with van der Waals surface area (Å²) in [4.78, 5) is 29.7. The number of nitrogens with zero attached hydrogens (tertiary/aromatic N) is 2. The Balaban J connectivity index is 1.55. The van der Waals surface area contributed by atoms with E-state index in [2.05, 4.69) is 5.32 Å². The third-order valence-electron chi connectivity index (χ3n) is 5.95. The average Bonchev–Trinajstić information content (AvgIpc) is 3.26. The van der Waals surface area contributed by atoms with E-state index in [9.17, 15) is 9.59 Å². The van der Waals surface area contributed by atoms with Crippen molar-refractivity contribution in [3.05, 3.63) is 59.7 Å². The van der Waals surface area contributed by atoms with Gasteiger partial charge in [-0.05, 0) is 49.4 Å². The Morgan fingerprint density at radius 1 is 1.03 bits per heavy atom. The zero-order chi connectivity index (χ0) is 20.2. The third-order valence-corrected chi connectivity index (χ3v) is 5.95. The minimum atomic E-state index is 0.000298. The summed E-state index contributed by atoms with van der Waals surface area (Å²) in [7, 11) is 0. The molecule has 5 heteroatoms. The quantitative estimate of drug-likeness (QED) is 0.783. The van der Waals surface area contributed by atoms with Crippen LogP contribution in [0.4, 0.5) is 16.2 Å². The molecule has 1 aliphatic carbocycles. The molecule has 3 amide bonds. The zero-order valence-electron chi connectivity index (χ0n) is 17.1. The van der Waals surface area contributed by atoms with Crippen molar-refractivity contribution in [2.75, 3.05) is 23.3 Å².